The average Bonchev–Trinajstić information content (AvgIpc) is 2.75. The van der Waals surface area contributed by atoms with Gasteiger partial charge in [-0.05, 0) is 49.4 Å². The van der Waals surface area contributed by atoms with Crippen LogP contribution < -0.4 is 10.5 Å². The van der Waals surface area contributed by atoms with Crippen molar-refractivity contribution in [1.29, 1.82) is 0 Å². The number of rotatable bonds is 8. The summed E-state index contributed by atoms with van der Waals surface area (Å²) in [5.41, 5.74) is 1.21. The lowest BCUT2D eigenvalue weighted by Gasteiger charge is -2.22. The Labute approximate surface area is 192 Å². The molecular weight excluding hydrogens is 469 g/mol. The molecule has 11 heteroatoms. The maximum Gasteiger partial charge on any atom is 0.243 e. The molecule has 3 rings (SSSR count). The second-order valence-electron chi connectivity index (χ2n) is 7.30. The van der Waals surface area contributed by atoms with Crippen molar-refractivity contribution in [1.82, 2.24) is 4.31 Å². The number of carbonyl (C=O) groups is 1. The highest BCUT2D eigenvalue weighted by Gasteiger charge is 2.27. The van der Waals surface area contributed by atoms with Crippen molar-refractivity contribution < 1.29 is 26.0 Å². The zero-order chi connectivity index (χ0) is 24.2. The van der Waals surface area contributed by atoms with Crippen LogP contribution in [0.2, 0.25) is 0 Å². The molecule has 0 aliphatic rings. The molecule has 0 unspecified atom stereocenters. The Bertz CT molecular complexity index is 1360. The van der Waals surface area contributed by atoms with Gasteiger partial charge in [-0.2, -0.15) is 4.31 Å². The molecule has 3 aromatic rings. The van der Waals surface area contributed by atoms with Crippen molar-refractivity contribution in [2.24, 2.45) is 5.14 Å². The molecule has 0 radical (unpaired) electrons. The highest BCUT2D eigenvalue weighted by Crippen LogP contribution is 2.21. The van der Waals surface area contributed by atoms with Crippen LogP contribution in [0.4, 0.5) is 10.1 Å². The van der Waals surface area contributed by atoms with Crippen LogP contribution in [0.3, 0.4) is 0 Å². The standard InChI is InChI=1S/C22H22FN3O5S2/c1-16-6-10-20(11-7-16)33(30,31)26(14-17-4-2-3-5-21(17)23)15-22(27)25-18-8-12-19(13-9-18)32(24,28)29/h2-13H,14-15H2,1H3,(H,25,27)(H2,24,28,29). The lowest BCUT2D eigenvalue weighted by atomic mass is 10.2. The Hall–Kier alpha value is -3.12. The number of benzene rings is 3. The van der Waals surface area contributed by atoms with E-state index >= 15 is 0 Å². The van der Waals surface area contributed by atoms with E-state index in [1.54, 1.807) is 18.2 Å². The summed E-state index contributed by atoms with van der Waals surface area (Å²) >= 11 is 0. The van der Waals surface area contributed by atoms with E-state index in [2.05, 4.69) is 5.32 Å². The molecule has 0 saturated heterocycles. The minimum atomic E-state index is -4.14. The van der Waals surface area contributed by atoms with Gasteiger partial charge in [0, 0.05) is 17.8 Å². The molecule has 0 saturated carbocycles. The first-order chi connectivity index (χ1) is 15.5. The maximum absolute atomic E-state index is 14.2. The average molecular weight is 492 g/mol. The molecule has 3 N–H and O–H groups in total. The van der Waals surface area contributed by atoms with Crippen LogP contribution in [-0.4, -0.2) is 33.6 Å². The first kappa shape index (κ1) is 24.5. The van der Waals surface area contributed by atoms with Crippen LogP contribution >= 0.6 is 0 Å². The number of nitrogens with two attached hydrogens (primary N) is 1. The topological polar surface area (TPSA) is 127 Å². The van der Waals surface area contributed by atoms with Crippen molar-refractivity contribution in [3.05, 3.63) is 89.7 Å². The summed E-state index contributed by atoms with van der Waals surface area (Å²) in [5, 5.41) is 7.56. The fourth-order valence-corrected chi connectivity index (χ4v) is 4.88. The maximum atomic E-state index is 14.2. The van der Waals surface area contributed by atoms with Gasteiger partial charge in [-0.25, -0.2) is 26.4 Å². The van der Waals surface area contributed by atoms with Crippen molar-refractivity contribution in [2.45, 2.75) is 23.3 Å². The van der Waals surface area contributed by atoms with Gasteiger partial charge in [0.05, 0.1) is 16.3 Å². The highest BCUT2D eigenvalue weighted by molar-refractivity contribution is 7.89. The molecule has 33 heavy (non-hydrogen) atoms. The van der Waals surface area contributed by atoms with Crippen LogP contribution in [0.1, 0.15) is 11.1 Å². The van der Waals surface area contributed by atoms with E-state index in [0.717, 1.165) is 9.87 Å². The fraction of sp³-hybridized carbons (Fsp3) is 0.136. The largest absolute Gasteiger partial charge is 0.325 e. The number of aryl methyl sites for hydroxylation is 1. The predicted octanol–water partition coefficient (Wildman–Crippen LogP) is 2.61. The number of hydrogen-bond acceptors (Lipinski definition) is 5. The molecule has 0 aromatic heterocycles. The molecule has 0 bridgehead atoms. The fourth-order valence-electron chi connectivity index (χ4n) is 2.99. The third-order valence-electron chi connectivity index (χ3n) is 4.75. The lowest BCUT2D eigenvalue weighted by molar-refractivity contribution is -0.116. The number of carbonyl (C=O) groups excluding carboxylic acids is 1. The second-order valence-corrected chi connectivity index (χ2v) is 10.8. The van der Waals surface area contributed by atoms with Crippen molar-refractivity contribution in [3.8, 4) is 0 Å². The number of nitrogens with zero attached hydrogens (tertiary/aromatic N) is 1. The van der Waals surface area contributed by atoms with E-state index in [1.165, 1.54) is 54.6 Å². The summed E-state index contributed by atoms with van der Waals surface area (Å²) in [6, 6.07) is 16.9. The summed E-state index contributed by atoms with van der Waals surface area (Å²) in [7, 11) is -8.03. The minimum Gasteiger partial charge on any atom is -0.325 e. The van der Waals surface area contributed by atoms with Gasteiger partial charge in [0.1, 0.15) is 5.82 Å². The number of sulfonamides is 2. The van der Waals surface area contributed by atoms with Crippen molar-refractivity contribution >= 4 is 31.6 Å². The Morgan fingerprint density at radius 3 is 2.06 bits per heavy atom. The first-order valence-electron chi connectivity index (χ1n) is 9.70. The summed E-state index contributed by atoms with van der Waals surface area (Å²) in [4.78, 5) is 12.5. The van der Waals surface area contributed by atoms with E-state index in [1.807, 2.05) is 6.92 Å². The number of nitrogens with one attached hydrogen (secondary N) is 1. The molecule has 174 valence electrons. The quantitative estimate of drug-likeness (QED) is 0.501. The van der Waals surface area contributed by atoms with E-state index in [4.69, 9.17) is 5.14 Å². The molecule has 0 aliphatic carbocycles. The van der Waals surface area contributed by atoms with Crippen LogP contribution in [0, 0.1) is 12.7 Å². The third-order valence-corrected chi connectivity index (χ3v) is 7.49. The number of hydrogen-bond donors (Lipinski definition) is 2. The van der Waals surface area contributed by atoms with Crippen LogP contribution in [0.15, 0.2) is 82.6 Å². The van der Waals surface area contributed by atoms with E-state index < -0.39 is 38.3 Å². The molecule has 0 heterocycles. The van der Waals surface area contributed by atoms with Gasteiger partial charge in [-0.15, -0.1) is 0 Å². The molecule has 0 atom stereocenters. The van der Waals surface area contributed by atoms with Gasteiger partial charge in [0.15, 0.2) is 0 Å². The van der Waals surface area contributed by atoms with E-state index in [9.17, 15) is 26.0 Å². The predicted molar refractivity (Wildman–Crippen MR) is 122 cm³/mol. The zero-order valence-electron chi connectivity index (χ0n) is 17.6. The SMILES string of the molecule is Cc1ccc(S(=O)(=O)N(CC(=O)Nc2ccc(S(N)(=O)=O)cc2)Cc2ccccc2F)cc1. The Kier molecular flexibility index (Phi) is 7.28. The summed E-state index contributed by atoms with van der Waals surface area (Å²) in [6.07, 6.45) is 0. The Morgan fingerprint density at radius 2 is 1.48 bits per heavy atom. The summed E-state index contributed by atoms with van der Waals surface area (Å²) in [6.45, 7) is 0.851. The highest BCUT2D eigenvalue weighted by atomic mass is 32.2. The zero-order valence-corrected chi connectivity index (χ0v) is 19.2. The lowest BCUT2D eigenvalue weighted by Crippen LogP contribution is -2.37. The number of halogens is 1. The van der Waals surface area contributed by atoms with Gasteiger partial charge < -0.3 is 5.32 Å². The van der Waals surface area contributed by atoms with Crippen LogP contribution in [0.5, 0.6) is 0 Å². The molecular formula is C22H22FN3O5S2. The van der Waals surface area contributed by atoms with Gasteiger partial charge in [0.25, 0.3) is 0 Å². The van der Waals surface area contributed by atoms with Gasteiger partial charge >= 0.3 is 0 Å². The van der Waals surface area contributed by atoms with Crippen molar-refractivity contribution in [2.75, 3.05) is 11.9 Å². The van der Waals surface area contributed by atoms with Crippen LogP contribution in [-0.2, 0) is 31.4 Å². The smallest absolute Gasteiger partial charge is 0.243 e. The first-order valence-corrected chi connectivity index (χ1v) is 12.7. The third kappa shape index (κ3) is 6.23. The molecule has 0 fully saturated rings. The minimum absolute atomic E-state index is 0.0326. The molecule has 8 nitrogen and oxygen atoms in total. The summed E-state index contributed by atoms with van der Waals surface area (Å²) in [5.74, 6) is -1.29. The van der Waals surface area contributed by atoms with E-state index in [0.29, 0.717) is 0 Å². The molecule has 0 aliphatic heterocycles. The monoisotopic (exact) mass is 491 g/mol. The number of amides is 1. The molecule has 3 aromatic carbocycles. The number of anilines is 1. The molecule has 0 spiro atoms. The van der Waals surface area contributed by atoms with Crippen molar-refractivity contribution in [3.63, 3.8) is 0 Å². The second kappa shape index (κ2) is 9.79. The van der Waals surface area contributed by atoms with E-state index in [-0.39, 0.29) is 27.6 Å². The van der Waals surface area contributed by atoms with Gasteiger partial charge in [0.2, 0.25) is 26.0 Å². The molecule has 1 amide bonds. The normalized spacial score (nSPS) is 12.0. The van der Waals surface area contributed by atoms with Crippen LogP contribution in [0.25, 0.3) is 0 Å². The Balaban J connectivity index is 1.86. The number of primary sulfonamides is 1. The van der Waals surface area contributed by atoms with Gasteiger partial charge in [-0.1, -0.05) is 35.9 Å². The van der Waals surface area contributed by atoms with Gasteiger partial charge in [-0.3, -0.25) is 4.79 Å². The summed E-state index contributed by atoms with van der Waals surface area (Å²) < 4.78 is 64.3. The Morgan fingerprint density at radius 1 is 0.909 bits per heavy atom.